The molecular formula is C24H23N3O5. The van der Waals surface area contributed by atoms with Gasteiger partial charge in [0.15, 0.2) is 0 Å². The van der Waals surface area contributed by atoms with Crippen molar-refractivity contribution in [1.82, 2.24) is 15.5 Å². The molecule has 2 atom stereocenters. The van der Waals surface area contributed by atoms with Gasteiger partial charge in [-0.2, -0.15) is 0 Å². The van der Waals surface area contributed by atoms with E-state index in [4.69, 9.17) is 4.74 Å². The fourth-order valence-electron chi connectivity index (χ4n) is 5.00. The van der Waals surface area contributed by atoms with E-state index in [1.54, 1.807) is 25.3 Å². The highest BCUT2D eigenvalue weighted by Crippen LogP contribution is 2.37. The van der Waals surface area contributed by atoms with Crippen LogP contribution < -0.4 is 15.4 Å². The van der Waals surface area contributed by atoms with Crippen molar-refractivity contribution in [3.8, 4) is 5.75 Å². The Hall–Kier alpha value is -3.68. The number of imide groups is 1. The number of hydrogen-bond donors (Lipinski definition) is 2. The lowest BCUT2D eigenvalue weighted by molar-refractivity contribution is -0.136. The lowest BCUT2D eigenvalue weighted by Gasteiger charge is -2.29. The van der Waals surface area contributed by atoms with Crippen molar-refractivity contribution < 1.29 is 23.9 Å². The fourth-order valence-corrected chi connectivity index (χ4v) is 5.00. The molecule has 8 nitrogen and oxygen atoms in total. The summed E-state index contributed by atoms with van der Waals surface area (Å²) >= 11 is 0. The molecule has 4 amide bonds. The van der Waals surface area contributed by atoms with E-state index in [-0.39, 0.29) is 43.1 Å². The van der Waals surface area contributed by atoms with Crippen LogP contribution in [-0.2, 0) is 22.6 Å². The molecule has 3 aliphatic rings. The van der Waals surface area contributed by atoms with Crippen LogP contribution in [0, 0.1) is 0 Å². The molecule has 2 unspecified atom stereocenters. The Morgan fingerprint density at radius 3 is 2.66 bits per heavy atom. The summed E-state index contributed by atoms with van der Waals surface area (Å²) in [4.78, 5) is 51.4. The van der Waals surface area contributed by atoms with Gasteiger partial charge >= 0.3 is 0 Å². The van der Waals surface area contributed by atoms with Gasteiger partial charge in [0.25, 0.3) is 11.8 Å². The van der Waals surface area contributed by atoms with E-state index >= 15 is 0 Å². The first kappa shape index (κ1) is 20.2. The van der Waals surface area contributed by atoms with Crippen LogP contribution in [0.15, 0.2) is 36.4 Å². The van der Waals surface area contributed by atoms with Crippen LogP contribution in [0.5, 0.6) is 5.75 Å². The molecule has 2 aromatic rings. The second-order valence-electron chi connectivity index (χ2n) is 8.32. The Morgan fingerprint density at radius 1 is 1.06 bits per heavy atom. The van der Waals surface area contributed by atoms with Crippen LogP contribution in [-0.4, -0.2) is 41.7 Å². The minimum absolute atomic E-state index is 0.133. The Bertz CT molecular complexity index is 1160. The first-order valence-corrected chi connectivity index (χ1v) is 10.7. The van der Waals surface area contributed by atoms with E-state index in [1.165, 1.54) is 4.90 Å². The molecule has 2 heterocycles. The highest BCUT2D eigenvalue weighted by atomic mass is 16.5. The number of nitrogens with zero attached hydrogens (tertiary/aromatic N) is 1. The van der Waals surface area contributed by atoms with Gasteiger partial charge in [0, 0.05) is 24.1 Å². The van der Waals surface area contributed by atoms with Crippen molar-refractivity contribution in [1.29, 1.82) is 0 Å². The Morgan fingerprint density at radius 2 is 1.88 bits per heavy atom. The van der Waals surface area contributed by atoms with Gasteiger partial charge in [0.1, 0.15) is 11.8 Å². The summed E-state index contributed by atoms with van der Waals surface area (Å²) in [5, 5.41) is 5.40. The quantitative estimate of drug-likeness (QED) is 0.717. The maximum Gasteiger partial charge on any atom is 0.255 e. The number of methoxy groups -OCH3 is 1. The summed E-state index contributed by atoms with van der Waals surface area (Å²) < 4.78 is 5.44. The number of amides is 4. The van der Waals surface area contributed by atoms with Crippen LogP contribution >= 0.6 is 0 Å². The monoisotopic (exact) mass is 433 g/mol. The third-order valence-electron chi connectivity index (χ3n) is 6.58. The standard InChI is InChI=1S/C24H23N3O5/c1-32-20-7-3-4-13-14(20)8-9-18(13)25-22(29)15-5-2-6-16-17(15)12-27(24(16)31)19-10-11-21(28)26-23(19)30/h2-7,18-19H,8-12H2,1H3,(H,25,29)(H,26,28,30). The Kier molecular flexibility index (Phi) is 4.92. The molecule has 0 aromatic heterocycles. The zero-order valence-corrected chi connectivity index (χ0v) is 17.6. The zero-order chi connectivity index (χ0) is 22.4. The van der Waals surface area contributed by atoms with Crippen LogP contribution in [0.25, 0.3) is 0 Å². The predicted octanol–water partition coefficient (Wildman–Crippen LogP) is 1.87. The number of benzene rings is 2. The molecule has 0 bridgehead atoms. The average Bonchev–Trinajstić information content (AvgIpc) is 3.35. The number of nitrogens with one attached hydrogen (secondary N) is 2. The third kappa shape index (κ3) is 3.23. The molecule has 0 radical (unpaired) electrons. The number of fused-ring (bicyclic) bond motifs is 2. The van der Waals surface area contributed by atoms with Gasteiger partial charge in [-0.05, 0) is 54.2 Å². The minimum atomic E-state index is -0.710. The highest BCUT2D eigenvalue weighted by molar-refractivity contribution is 6.07. The van der Waals surface area contributed by atoms with Crippen LogP contribution in [0.2, 0.25) is 0 Å². The van der Waals surface area contributed by atoms with E-state index < -0.39 is 11.9 Å². The number of piperidine rings is 1. The lowest BCUT2D eigenvalue weighted by Crippen LogP contribution is -2.52. The second-order valence-corrected chi connectivity index (χ2v) is 8.32. The largest absolute Gasteiger partial charge is 0.496 e. The van der Waals surface area contributed by atoms with Gasteiger partial charge in [-0.1, -0.05) is 18.2 Å². The summed E-state index contributed by atoms with van der Waals surface area (Å²) in [7, 11) is 1.64. The molecule has 32 heavy (non-hydrogen) atoms. The molecule has 1 fully saturated rings. The summed E-state index contributed by atoms with van der Waals surface area (Å²) in [5.74, 6) is -0.514. The van der Waals surface area contributed by atoms with E-state index in [0.717, 1.165) is 29.7 Å². The normalized spacial score (nSPS) is 21.8. The van der Waals surface area contributed by atoms with Gasteiger partial charge in [0.2, 0.25) is 11.8 Å². The molecule has 2 aromatic carbocycles. The van der Waals surface area contributed by atoms with Gasteiger partial charge in [-0.3, -0.25) is 24.5 Å². The van der Waals surface area contributed by atoms with Gasteiger partial charge in [-0.15, -0.1) is 0 Å². The SMILES string of the molecule is COc1cccc2c1CCC2NC(=O)c1cccc2c1CN(C1CCC(=O)NC1=O)C2=O. The van der Waals surface area contributed by atoms with Gasteiger partial charge in [0.05, 0.1) is 13.2 Å². The maximum absolute atomic E-state index is 13.2. The molecule has 8 heteroatoms. The Balaban J connectivity index is 1.38. The number of ether oxygens (including phenoxy) is 1. The topological polar surface area (TPSA) is 105 Å². The van der Waals surface area contributed by atoms with Crippen molar-refractivity contribution in [2.45, 2.75) is 44.3 Å². The number of rotatable bonds is 4. The van der Waals surface area contributed by atoms with Crippen LogP contribution in [0.4, 0.5) is 0 Å². The van der Waals surface area contributed by atoms with Crippen LogP contribution in [0.3, 0.4) is 0 Å². The molecule has 164 valence electrons. The first-order valence-electron chi connectivity index (χ1n) is 10.7. The summed E-state index contributed by atoms with van der Waals surface area (Å²) in [5.41, 5.74) is 3.63. The molecule has 2 aliphatic heterocycles. The molecule has 5 rings (SSSR count). The maximum atomic E-state index is 13.2. The van der Waals surface area contributed by atoms with Crippen molar-refractivity contribution in [2.24, 2.45) is 0 Å². The highest BCUT2D eigenvalue weighted by Gasteiger charge is 2.40. The smallest absolute Gasteiger partial charge is 0.255 e. The summed E-state index contributed by atoms with van der Waals surface area (Å²) in [6.45, 7) is 0.166. The van der Waals surface area contributed by atoms with Crippen molar-refractivity contribution >= 4 is 23.6 Å². The first-order chi connectivity index (χ1) is 15.5. The zero-order valence-electron chi connectivity index (χ0n) is 17.6. The molecule has 1 saturated heterocycles. The third-order valence-corrected chi connectivity index (χ3v) is 6.58. The van der Waals surface area contributed by atoms with Crippen LogP contribution in [0.1, 0.15) is 62.7 Å². The molecule has 0 spiro atoms. The van der Waals surface area contributed by atoms with Gasteiger partial charge in [-0.25, -0.2) is 0 Å². The fraction of sp³-hybridized carbons (Fsp3) is 0.333. The molecular weight excluding hydrogens is 410 g/mol. The Labute approximate surface area is 184 Å². The average molecular weight is 433 g/mol. The number of carbonyl (C=O) groups is 4. The molecule has 0 saturated carbocycles. The summed E-state index contributed by atoms with van der Waals surface area (Å²) in [6, 6.07) is 10.1. The van der Waals surface area contributed by atoms with Crippen molar-refractivity contribution in [3.05, 3.63) is 64.2 Å². The van der Waals surface area contributed by atoms with E-state index in [2.05, 4.69) is 10.6 Å². The van der Waals surface area contributed by atoms with E-state index in [9.17, 15) is 19.2 Å². The van der Waals surface area contributed by atoms with Crippen molar-refractivity contribution in [2.75, 3.05) is 7.11 Å². The minimum Gasteiger partial charge on any atom is -0.496 e. The van der Waals surface area contributed by atoms with E-state index in [1.807, 2.05) is 18.2 Å². The predicted molar refractivity (Wildman–Crippen MR) is 114 cm³/mol. The van der Waals surface area contributed by atoms with Gasteiger partial charge < -0.3 is 15.0 Å². The molecule has 1 aliphatic carbocycles. The number of carbonyl (C=O) groups excluding carboxylic acids is 4. The summed E-state index contributed by atoms with van der Waals surface area (Å²) in [6.07, 6.45) is 2.07. The second kappa shape index (κ2) is 7.78. The number of hydrogen-bond acceptors (Lipinski definition) is 5. The van der Waals surface area contributed by atoms with Crippen molar-refractivity contribution in [3.63, 3.8) is 0 Å². The van der Waals surface area contributed by atoms with E-state index in [0.29, 0.717) is 16.7 Å². The molecule has 2 N–H and O–H groups in total. The lowest BCUT2D eigenvalue weighted by atomic mass is 10.0.